The van der Waals surface area contributed by atoms with Gasteiger partial charge >= 0.3 is 0 Å². The fourth-order valence-corrected chi connectivity index (χ4v) is 4.14. The maximum absolute atomic E-state index is 12.2. The van der Waals surface area contributed by atoms with Crippen molar-refractivity contribution in [1.82, 2.24) is 15.1 Å². The number of amides is 1. The molecule has 28 heavy (non-hydrogen) atoms. The van der Waals surface area contributed by atoms with E-state index in [9.17, 15) is 9.90 Å². The van der Waals surface area contributed by atoms with Gasteiger partial charge in [0.2, 0.25) is 5.91 Å². The molecule has 1 aromatic carbocycles. The lowest BCUT2D eigenvalue weighted by Crippen LogP contribution is -2.37. The van der Waals surface area contributed by atoms with Crippen LogP contribution in [0.3, 0.4) is 0 Å². The molecule has 1 heterocycles. The number of aliphatic hydroxyl groups is 1. The van der Waals surface area contributed by atoms with Crippen LogP contribution in [0.5, 0.6) is 0 Å². The molecule has 2 N–H and O–H groups in total. The fourth-order valence-electron chi connectivity index (χ4n) is 3.32. The molecule has 1 saturated carbocycles. The summed E-state index contributed by atoms with van der Waals surface area (Å²) in [5.74, 6) is -0.182. The highest BCUT2D eigenvalue weighted by atomic mass is 35.5. The Morgan fingerprint density at radius 1 is 1.25 bits per heavy atom. The molecule has 0 aliphatic heterocycles. The summed E-state index contributed by atoms with van der Waals surface area (Å²) >= 11 is 18.9. The minimum atomic E-state index is -0.248. The van der Waals surface area contributed by atoms with Crippen molar-refractivity contribution in [3.63, 3.8) is 0 Å². The molecule has 150 valence electrons. The van der Waals surface area contributed by atoms with Crippen molar-refractivity contribution in [2.75, 3.05) is 0 Å². The first-order chi connectivity index (χ1) is 13.3. The molecule has 0 atom stereocenters. The van der Waals surface area contributed by atoms with E-state index in [1.54, 1.807) is 29.0 Å². The molecule has 1 fully saturated rings. The van der Waals surface area contributed by atoms with Crippen molar-refractivity contribution < 1.29 is 9.90 Å². The lowest BCUT2D eigenvalue weighted by atomic mass is 9.93. The van der Waals surface area contributed by atoms with Gasteiger partial charge in [0.25, 0.3) is 0 Å². The van der Waals surface area contributed by atoms with Crippen molar-refractivity contribution in [1.29, 1.82) is 0 Å². The van der Waals surface area contributed by atoms with E-state index in [1.807, 2.05) is 6.92 Å². The normalized spacial score (nSPS) is 19.9. The van der Waals surface area contributed by atoms with Gasteiger partial charge in [-0.1, -0.05) is 40.9 Å². The van der Waals surface area contributed by atoms with Crippen LogP contribution in [0.15, 0.2) is 24.3 Å². The van der Waals surface area contributed by atoms with E-state index in [0.29, 0.717) is 33.0 Å². The third kappa shape index (κ3) is 5.09. The Morgan fingerprint density at radius 2 is 1.89 bits per heavy atom. The smallest absolute Gasteiger partial charge is 0.244 e. The van der Waals surface area contributed by atoms with Gasteiger partial charge < -0.3 is 10.4 Å². The van der Waals surface area contributed by atoms with Crippen LogP contribution in [-0.2, 0) is 11.3 Å². The summed E-state index contributed by atoms with van der Waals surface area (Å²) in [6.07, 6.45) is 5.90. The topological polar surface area (TPSA) is 67.2 Å². The number of nitrogens with zero attached hydrogens (tertiary/aromatic N) is 2. The lowest BCUT2D eigenvalue weighted by Gasteiger charge is -2.25. The van der Waals surface area contributed by atoms with E-state index in [0.717, 1.165) is 31.2 Å². The summed E-state index contributed by atoms with van der Waals surface area (Å²) in [5, 5.41) is 18.5. The highest BCUT2D eigenvalue weighted by Crippen LogP contribution is 2.28. The third-order valence-electron chi connectivity index (χ3n) is 4.92. The van der Waals surface area contributed by atoms with E-state index in [2.05, 4.69) is 10.4 Å². The summed E-state index contributed by atoms with van der Waals surface area (Å²) in [6.45, 7) is 2.17. The second-order valence-corrected chi connectivity index (χ2v) is 8.17. The zero-order valence-corrected chi connectivity index (χ0v) is 17.7. The summed E-state index contributed by atoms with van der Waals surface area (Å²) in [7, 11) is 0. The van der Waals surface area contributed by atoms with E-state index >= 15 is 0 Å². The van der Waals surface area contributed by atoms with Crippen LogP contribution in [0.25, 0.3) is 6.08 Å². The van der Waals surface area contributed by atoms with Crippen molar-refractivity contribution in [2.45, 2.75) is 51.3 Å². The minimum absolute atomic E-state index is 0.0993. The van der Waals surface area contributed by atoms with Crippen LogP contribution in [-0.4, -0.2) is 32.9 Å². The van der Waals surface area contributed by atoms with E-state index < -0.39 is 0 Å². The van der Waals surface area contributed by atoms with Crippen molar-refractivity contribution in [2.24, 2.45) is 0 Å². The number of carbonyl (C=O) groups is 1. The number of rotatable bonds is 5. The Bertz CT molecular complexity index is 867. The van der Waals surface area contributed by atoms with Gasteiger partial charge in [-0.25, -0.2) is 4.68 Å². The molecule has 0 bridgehead atoms. The number of hydrogen-bond acceptors (Lipinski definition) is 3. The largest absolute Gasteiger partial charge is 0.393 e. The molecule has 0 radical (unpaired) electrons. The number of nitrogens with one attached hydrogen (secondary N) is 1. The monoisotopic (exact) mass is 441 g/mol. The van der Waals surface area contributed by atoms with Crippen molar-refractivity contribution >= 4 is 46.8 Å². The summed E-state index contributed by atoms with van der Waals surface area (Å²) in [4.78, 5) is 12.2. The molecule has 0 unspecified atom stereocenters. The maximum atomic E-state index is 12.2. The summed E-state index contributed by atoms with van der Waals surface area (Å²) in [5.41, 5.74) is 2.13. The number of aliphatic hydroxyl groups excluding tert-OH is 1. The molecule has 0 saturated heterocycles. The Balaban J connectivity index is 1.69. The Kier molecular flexibility index (Phi) is 7.05. The SMILES string of the molecule is Cc1nn(Cc2c(Cl)cccc2Cl)c(Cl)c1/C=C/C(=O)NC1CCC(O)CC1. The van der Waals surface area contributed by atoms with Gasteiger partial charge in [-0.05, 0) is 50.8 Å². The number of carbonyl (C=O) groups excluding carboxylic acids is 1. The van der Waals surface area contributed by atoms with Crippen molar-refractivity contribution in [3.8, 4) is 0 Å². The van der Waals surface area contributed by atoms with Crippen LogP contribution in [0.1, 0.15) is 42.5 Å². The first kappa shape index (κ1) is 21.2. The number of aromatic nitrogens is 2. The molecule has 1 aliphatic carbocycles. The molecule has 3 rings (SSSR count). The first-order valence-electron chi connectivity index (χ1n) is 9.17. The zero-order valence-electron chi connectivity index (χ0n) is 15.5. The Morgan fingerprint density at radius 3 is 2.54 bits per heavy atom. The molecular weight excluding hydrogens is 421 g/mol. The predicted molar refractivity (Wildman–Crippen MR) is 113 cm³/mol. The molecule has 0 spiro atoms. The summed E-state index contributed by atoms with van der Waals surface area (Å²) in [6, 6.07) is 5.41. The van der Waals surface area contributed by atoms with Crippen LogP contribution in [0.4, 0.5) is 0 Å². The van der Waals surface area contributed by atoms with Gasteiger partial charge in [0.05, 0.1) is 18.3 Å². The lowest BCUT2D eigenvalue weighted by molar-refractivity contribution is -0.117. The van der Waals surface area contributed by atoms with Gasteiger partial charge in [-0.15, -0.1) is 0 Å². The number of halogens is 3. The predicted octanol–water partition coefficient (Wildman–Crippen LogP) is 4.63. The van der Waals surface area contributed by atoms with Gasteiger partial charge in [0, 0.05) is 33.3 Å². The van der Waals surface area contributed by atoms with Crippen LogP contribution >= 0.6 is 34.8 Å². The third-order valence-corrected chi connectivity index (χ3v) is 6.03. The van der Waals surface area contributed by atoms with Gasteiger partial charge in [0.1, 0.15) is 5.15 Å². The fraction of sp³-hybridized carbons (Fsp3) is 0.400. The molecule has 2 aromatic rings. The average molecular weight is 443 g/mol. The zero-order chi connectivity index (χ0) is 20.3. The second kappa shape index (κ2) is 9.31. The first-order valence-corrected chi connectivity index (χ1v) is 10.3. The summed E-state index contributed by atoms with van der Waals surface area (Å²) < 4.78 is 1.62. The quantitative estimate of drug-likeness (QED) is 0.663. The van der Waals surface area contributed by atoms with Crippen LogP contribution in [0, 0.1) is 6.92 Å². The molecule has 1 amide bonds. The maximum Gasteiger partial charge on any atom is 0.244 e. The molecule has 1 aromatic heterocycles. The van der Waals surface area contributed by atoms with Crippen LogP contribution < -0.4 is 5.32 Å². The standard InChI is InChI=1S/C20H22Cl3N3O2/c1-12-15(9-10-19(28)24-13-5-7-14(27)8-6-13)20(23)26(25-12)11-16-17(21)3-2-4-18(16)22/h2-4,9-10,13-14,27H,5-8,11H2,1H3,(H,24,28)/b10-9+. The van der Waals surface area contributed by atoms with Gasteiger partial charge in [-0.3, -0.25) is 4.79 Å². The van der Waals surface area contributed by atoms with Gasteiger partial charge in [0.15, 0.2) is 0 Å². The minimum Gasteiger partial charge on any atom is -0.393 e. The molecule has 8 heteroatoms. The second-order valence-electron chi connectivity index (χ2n) is 7.00. The number of aryl methyl sites for hydroxylation is 1. The van der Waals surface area contributed by atoms with E-state index in [-0.39, 0.29) is 18.1 Å². The van der Waals surface area contributed by atoms with E-state index in [4.69, 9.17) is 34.8 Å². The Labute approximate surface area is 179 Å². The number of hydrogen-bond donors (Lipinski definition) is 2. The average Bonchev–Trinajstić information content (AvgIpc) is 2.92. The highest BCUT2D eigenvalue weighted by molar-refractivity contribution is 6.36. The van der Waals surface area contributed by atoms with E-state index in [1.165, 1.54) is 6.08 Å². The van der Waals surface area contributed by atoms with Crippen LogP contribution in [0.2, 0.25) is 15.2 Å². The molecule has 5 nitrogen and oxygen atoms in total. The molecular formula is C20H22Cl3N3O2. The van der Waals surface area contributed by atoms with Gasteiger partial charge in [-0.2, -0.15) is 5.10 Å². The number of benzene rings is 1. The molecule has 1 aliphatic rings. The van der Waals surface area contributed by atoms with Crippen molar-refractivity contribution in [3.05, 3.63) is 56.3 Å². The Hall–Kier alpha value is -1.53. The highest BCUT2D eigenvalue weighted by Gasteiger charge is 2.20.